The van der Waals surface area contributed by atoms with Crippen LogP contribution in [-0.4, -0.2) is 4.98 Å². The average Bonchev–Trinajstić information content (AvgIpc) is 2.58. The topological polar surface area (TPSA) is 38.9 Å². The van der Waals surface area contributed by atoms with Gasteiger partial charge in [-0.2, -0.15) is 0 Å². The van der Waals surface area contributed by atoms with Crippen LogP contribution in [0.5, 0.6) is 0 Å². The molecular formula is C10H12N2S. The molecule has 2 N–H and O–H groups in total. The first-order chi connectivity index (χ1) is 6.33. The van der Waals surface area contributed by atoms with E-state index in [4.69, 9.17) is 5.73 Å². The number of hydrogen-bond acceptors (Lipinski definition) is 3. The Hall–Kier alpha value is -1.09. The molecule has 0 spiro atoms. The fourth-order valence-corrected chi connectivity index (χ4v) is 2.28. The summed E-state index contributed by atoms with van der Waals surface area (Å²) in [5, 5.41) is 3.21. The van der Waals surface area contributed by atoms with Crippen molar-refractivity contribution in [2.24, 2.45) is 0 Å². The molecule has 0 aliphatic rings. The van der Waals surface area contributed by atoms with Crippen molar-refractivity contribution in [2.75, 3.05) is 5.73 Å². The molecule has 0 fully saturated rings. The molecule has 0 aliphatic heterocycles. The van der Waals surface area contributed by atoms with E-state index in [2.05, 4.69) is 23.4 Å². The summed E-state index contributed by atoms with van der Waals surface area (Å²) >= 11 is 1.69. The first kappa shape index (κ1) is 8.51. The molecule has 2 aromatic heterocycles. The van der Waals surface area contributed by atoms with Crippen molar-refractivity contribution in [3.8, 4) is 0 Å². The van der Waals surface area contributed by atoms with Crippen molar-refractivity contribution in [1.82, 2.24) is 4.98 Å². The second kappa shape index (κ2) is 3.34. The van der Waals surface area contributed by atoms with Gasteiger partial charge in [0.05, 0.1) is 16.1 Å². The summed E-state index contributed by atoms with van der Waals surface area (Å²) < 4.78 is 1.18. The molecule has 2 nitrogen and oxygen atoms in total. The Morgan fingerprint density at radius 2 is 2.38 bits per heavy atom. The van der Waals surface area contributed by atoms with E-state index in [0.29, 0.717) is 0 Å². The van der Waals surface area contributed by atoms with Crippen LogP contribution in [0.25, 0.3) is 10.1 Å². The predicted molar refractivity (Wildman–Crippen MR) is 58.0 cm³/mol. The Kier molecular flexibility index (Phi) is 2.19. The molecule has 0 saturated heterocycles. The number of fused-ring (bicyclic) bond motifs is 1. The number of nitrogen functional groups attached to an aromatic ring is 1. The third kappa shape index (κ3) is 1.40. The molecule has 2 rings (SSSR count). The highest BCUT2D eigenvalue weighted by atomic mass is 32.1. The van der Waals surface area contributed by atoms with Gasteiger partial charge in [-0.25, -0.2) is 0 Å². The normalized spacial score (nSPS) is 10.8. The van der Waals surface area contributed by atoms with E-state index < -0.39 is 0 Å². The molecule has 0 bridgehead atoms. The van der Waals surface area contributed by atoms with Gasteiger partial charge in [-0.05, 0) is 17.9 Å². The van der Waals surface area contributed by atoms with Crippen LogP contribution in [-0.2, 0) is 6.42 Å². The minimum absolute atomic E-state index is 0.870. The van der Waals surface area contributed by atoms with E-state index >= 15 is 0 Å². The summed E-state index contributed by atoms with van der Waals surface area (Å²) in [6.45, 7) is 2.14. The van der Waals surface area contributed by atoms with E-state index in [9.17, 15) is 0 Å². The molecule has 0 radical (unpaired) electrons. The highest BCUT2D eigenvalue weighted by Gasteiger charge is 2.05. The van der Waals surface area contributed by atoms with Gasteiger partial charge in [-0.1, -0.05) is 13.3 Å². The van der Waals surface area contributed by atoms with Crippen molar-refractivity contribution in [2.45, 2.75) is 19.8 Å². The Labute approximate surface area is 81.4 Å². The lowest BCUT2D eigenvalue weighted by Crippen LogP contribution is -1.96. The van der Waals surface area contributed by atoms with Gasteiger partial charge in [0.15, 0.2) is 0 Å². The Morgan fingerprint density at radius 1 is 1.54 bits per heavy atom. The van der Waals surface area contributed by atoms with E-state index in [1.165, 1.54) is 4.70 Å². The van der Waals surface area contributed by atoms with Gasteiger partial charge < -0.3 is 5.73 Å². The maximum Gasteiger partial charge on any atom is 0.0714 e. The summed E-state index contributed by atoms with van der Waals surface area (Å²) in [6, 6.07) is 2.05. The Balaban J connectivity index is 2.59. The second-order valence-electron chi connectivity index (χ2n) is 3.07. The zero-order valence-electron chi connectivity index (χ0n) is 7.58. The van der Waals surface area contributed by atoms with Crippen LogP contribution in [0, 0.1) is 0 Å². The molecule has 68 valence electrons. The summed E-state index contributed by atoms with van der Waals surface area (Å²) in [7, 11) is 0. The first-order valence-corrected chi connectivity index (χ1v) is 5.31. The summed E-state index contributed by atoms with van der Waals surface area (Å²) in [4.78, 5) is 4.35. The number of thiophene rings is 1. The molecule has 0 aromatic carbocycles. The molecule has 0 atom stereocenters. The van der Waals surface area contributed by atoms with Crippen molar-refractivity contribution >= 4 is 27.1 Å². The third-order valence-electron chi connectivity index (χ3n) is 2.10. The summed E-state index contributed by atoms with van der Waals surface area (Å²) in [6.07, 6.45) is 3.97. The number of pyridine rings is 1. The van der Waals surface area contributed by atoms with Crippen LogP contribution in [0.3, 0.4) is 0 Å². The molecule has 13 heavy (non-hydrogen) atoms. The van der Waals surface area contributed by atoms with Gasteiger partial charge in [0, 0.05) is 11.6 Å². The number of rotatable bonds is 2. The van der Waals surface area contributed by atoms with Crippen molar-refractivity contribution in [1.29, 1.82) is 0 Å². The van der Waals surface area contributed by atoms with Crippen molar-refractivity contribution in [3.05, 3.63) is 23.3 Å². The van der Waals surface area contributed by atoms with E-state index in [0.717, 1.165) is 29.6 Å². The fourth-order valence-electron chi connectivity index (χ4n) is 1.42. The summed E-state index contributed by atoms with van der Waals surface area (Å²) in [5.74, 6) is 0. The average molecular weight is 192 g/mol. The van der Waals surface area contributed by atoms with E-state index in [1.54, 1.807) is 11.3 Å². The lowest BCUT2D eigenvalue weighted by Gasteiger charge is -2.03. The number of nitrogens with two attached hydrogens (primary N) is 1. The monoisotopic (exact) mass is 192 g/mol. The maximum absolute atomic E-state index is 6.00. The standard InChI is InChI=1S/C10H12N2S/c1-2-3-8-9(11)10-7(6-12-8)4-5-13-10/h4-6H,2-3,11H2,1H3. The lowest BCUT2D eigenvalue weighted by molar-refractivity contribution is 0.889. The van der Waals surface area contributed by atoms with Crippen LogP contribution in [0.4, 0.5) is 5.69 Å². The van der Waals surface area contributed by atoms with Crippen LogP contribution < -0.4 is 5.73 Å². The minimum Gasteiger partial charge on any atom is -0.396 e. The molecule has 0 amide bonds. The van der Waals surface area contributed by atoms with Gasteiger partial charge in [0.25, 0.3) is 0 Å². The van der Waals surface area contributed by atoms with Crippen molar-refractivity contribution < 1.29 is 0 Å². The largest absolute Gasteiger partial charge is 0.396 e. The number of nitrogens with zero attached hydrogens (tertiary/aromatic N) is 1. The molecule has 2 heterocycles. The smallest absolute Gasteiger partial charge is 0.0714 e. The Bertz CT molecular complexity index is 420. The highest BCUT2D eigenvalue weighted by Crippen LogP contribution is 2.28. The predicted octanol–water partition coefficient (Wildman–Crippen LogP) is 2.83. The van der Waals surface area contributed by atoms with Crippen molar-refractivity contribution in [3.63, 3.8) is 0 Å². The molecule has 0 aliphatic carbocycles. The first-order valence-electron chi connectivity index (χ1n) is 4.43. The van der Waals surface area contributed by atoms with E-state index in [-0.39, 0.29) is 0 Å². The third-order valence-corrected chi connectivity index (χ3v) is 3.06. The number of hydrogen-bond donors (Lipinski definition) is 1. The van der Waals surface area contributed by atoms with Gasteiger partial charge in [0.2, 0.25) is 0 Å². The molecular weight excluding hydrogens is 180 g/mol. The van der Waals surface area contributed by atoms with Crippen LogP contribution in [0.1, 0.15) is 19.0 Å². The highest BCUT2D eigenvalue weighted by molar-refractivity contribution is 7.17. The SMILES string of the molecule is CCCc1ncc2ccsc2c1N. The van der Waals surface area contributed by atoms with Gasteiger partial charge in [-0.3, -0.25) is 4.98 Å². The van der Waals surface area contributed by atoms with Crippen LogP contribution >= 0.6 is 11.3 Å². The number of aryl methyl sites for hydroxylation is 1. The zero-order chi connectivity index (χ0) is 9.26. The molecule has 0 saturated carbocycles. The number of aromatic nitrogens is 1. The number of anilines is 1. The van der Waals surface area contributed by atoms with Gasteiger partial charge in [-0.15, -0.1) is 11.3 Å². The maximum atomic E-state index is 6.00. The van der Waals surface area contributed by atoms with E-state index in [1.807, 2.05) is 6.20 Å². The molecule has 0 unspecified atom stereocenters. The fraction of sp³-hybridized carbons (Fsp3) is 0.300. The molecule has 3 heteroatoms. The Morgan fingerprint density at radius 3 is 3.15 bits per heavy atom. The van der Waals surface area contributed by atoms with Gasteiger partial charge >= 0.3 is 0 Å². The zero-order valence-corrected chi connectivity index (χ0v) is 8.40. The quantitative estimate of drug-likeness (QED) is 0.794. The lowest BCUT2D eigenvalue weighted by atomic mass is 10.2. The van der Waals surface area contributed by atoms with Gasteiger partial charge in [0.1, 0.15) is 0 Å². The minimum atomic E-state index is 0.870. The second-order valence-corrected chi connectivity index (χ2v) is 3.99. The van der Waals surface area contributed by atoms with Crippen LogP contribution in [0.15, 0.2) is 17.6 Å². The van der Waals surface area contributed by atoms with Crippen LogP contribution in [0.2, 0.25) is 0 Å². The summed E-state index contributed by atoms with van der Waals surface area (Å²) in [5.41, 5.74) is 7.91. The molecule has 2 aromatic rings.